The van der Waals surface area contributed by atoms with E-state index in [-0.39, 0.29) is 11.8 Å². The molecule has 3 rings (SSSR count). The first kappa shape index (κ1) is 21.2. The second kappa shape index (κ2) is 10.9. The Kier molecular flexibility index (Phi) is 7.95. The van der Waals surface area contributed by atoms with Crippen LogP contribution in [0.3, 0.4) is 0 Å². The van der Waals surface area contributed by atoms with E-state index in [9.17, 15) is 9.59 Å². The zero-order chi connectivity index (χ0) is 20.5. The van der Waals surface area contributed by atoms with Crippen LogP contribution >= 0.6 is 11.8 Å². The van der Waals surface area contributed by atoms with Crippen molar-refractivity contribution in [3.05, 3.63) is 59.7 Å². The first-order valence-corrected chi connectivity index (χ1v) is 10.8. The molecule has 0 unspecified atom stereocenters. The van der Waals surface area contributed by atoms with Crippen LogP contribution in [0.1, 0.15) is 15.9 Å². The maximum absolute atomic E-state index is 12.7. The number of methoxy groups -OCH3 is 1. The lowest BCUT2D eigenvalue weighted by Crippen LogP contribution is -2.38. The van der Waals surface area contributed by atoms with Crippen LogP contribution in [0.15, 0.2) is 48.5 Å². The molecule has 29 heavy (non-hydrogen) atoms. The fourth-order valence-corrected chi connectivity index (χ4v) is 3.92. The lowest BCUT2D eigenvalue weighted by molar-refractivity contribution is -0.130. The lowest BCUT2D eigenvalue weighted by Gasteiger charge is -2.26. The van der Waals surface area contributed by atoms with Crippen LogP contribution in [0, 0.1) is 0 Å². The van der Waals surface area contributed by atoms with Crippen molar-refractivity contribution in [1.29, 1.82) is 0 Å². The third-order valence-electron chi connectivity index (χ3n) is 4.61. The minimum absolute atomic E-state index is 0.157. The predicted octanol–water partition coefficient (Wildman–Crippen LogP) is 3.08. The maximum Gasteiger partial charge on any atom is 0.259 e. The zero-order valence-electron chi connectivity index (χ0n) is 16.6. The number of ether oxygens (including phenoxy) is 2. The monoisotopic (exact) mass is 414 g/mol. The number of amides is 2. The predicted molar refractivity (Wildman–Crippen MR) is 116 cm³/mol. The van der Waals surface area contributed by atoms with E-state index in [1.165, 1.54) is 0 Å². The minimum atomic E-state index is -0.243. The average molecular weight is 415 g/mol. The van der Waals surface area contributed by atoms with Gasteiger partial charge in [-0.2, -0.15) is 11.8 Å². The molecule has 6 nitrogen and oxygen atoms in total. The van der Waals surface area contributed by atoms with Gasteiger partial charge in [-0.3, -0.25) is 9.59 Å². The third-order valence-corrected chi connectivity index (χ3v) is 5.55. The van der Waals surface area contributed by atoms with Crippen LogP contribution in [0.5, 0.6) is 5.75 Å². The molecule has 2 aromatic rings. The number of carbonyl (C=O) groups excluding carboxylic acids is 2. The number of carbonyl (C=O) groups is 2. The number of anilines is 1. The van der Waals surface area contributed by atoms with Gasteiger partial charge in [0.1, 0.15) is 12.4 Å². The molecule has 7 heteroatoms. The molecule has 1 heterocycles. The molecule has 0 aromatic heterocycles. The SMILES string of the molecule is COCCOc1ccccc1C(=O)Nc1ccc(CC(=O)N2CCSCC2)cc1. The molecule has 154 valence electrons. The van der Waals surface area contributed by atoms with Crippen LogP contribution in [0.2, 0.25) is 0 Å². The quantitative estimate of drug-likeness (QED) is 0.673. The summed E-state index contributed by atoms with van der Waals surface area (Å²) in [5.74, 6) is 2.45. The lowest BCUT2D eigenvalue weighted by atomic mass is 10.1. The Balaban J connectivity index is 1.58. The number of hydrogen-bond donors (Lipinski definition) is 1. The second-order valence-electron chi connectivity index (χ2n) is 6.66. The van der Waals surface area contributed by atoms with Crippen LogP contribution in [-0.4, -0.2) is 61.6 Å². The Morgan fingerprint density at radius 1 is 1.03 bits per heavy atom. The van der Waals surface area contributed by atoms with Crippen molar-refractivity contribution in [1.82, 2.24) is 4.90 Å². The highest BCUT2D eigenvalue weighted by Gasteiger charge is 2.17. The number of nitrogens with one attached hydrogen (secondary N) is 1. The van der Waals surface area contributed by atoms with Gasteiger partial charge in [0.2, 0.25) is 5.91 Å². The van der Waals surface area contributed by atoms with E-state index >= 15 is 0 Å². The van der Waals surface area contributed by atoms with Gasteiger partial charge < -0.3 is 19.7 Å². The van der Waals surface area contributed by atoms with Crippen LogP contribution in [0.25, 0.3) is 0 Å². The molecule has 1 fully saturated rings. The average Bonchev–Trinajstić information content (AvgIpc) is 2.76. The number of nitrogens with zero attached hydrogens (tertiary/aromatic N) is 1. The van der Waals surface area contributed by atoms with Crippen LogP contribution < -0.4 is 10.1 Å². The van der Waals surface area contributed by atoms with Gasteiger partial charge in [-0.25, -0.2) is 0 Å². The first-order chi connectivity index (χ1) is 14.2. The molecule has 0 bridgehead atoms. The van der Waals surface area contributed by atoms with E-state index in [4.69, 9.17) is 9.47 Å². The van der Waals surface area contributed by atoms with E-state index in [2.05, 4.69) is 5.32 Å². The molecule has 0 radical (unpaired) electrons. The number of para-hydroxylation sites is 1. The summed E-state index contributed by atoms with van der Waals surface area (Å²) < 4.78 is 10.6. The zero-order valence-corrected chi connectivity index (χ0v) is 17.4. The molecule has 1 aliphatic rings. The fourth-order valence-electron chi connectivity index (χ4n) is 3.02. The first-order valence-electron chi connectivity index (χ1n) is 9.64. The fraction of sp³-hybridized carbons (Fsp3) is 0.364. The molecular formula is C22H26N2O4S. The highest BCUT2D eigenvalue weighted by atomic mass is 32.2. The van der Waals surface area contributed by atoms with Gasteiger partial charge in [0.15, 0.2) is 0 Å². The van der Waals surface area contributed by atoms with E-state index in [0.29, 0.717) is 36.6 Å². The van der Waals surface area contributed by atoms with E-state index in [1.807, 2.05) is 47.0 Å². The van der Waals surface area contributed by atoms with E-state index < -0.39 is 0 Å². The van der Waals surface area contributed by atoms with E-state index in [0.717, 1.165) is 30.2 Å². The Hall–Kier alpha value is -2.51. The smallest absolute Gasteiger partial charge is 0.259 e. The van der Waals surface area contributed by atoms with Crippen molar-refractivity contribution in [2.75, 3.05) is 50.2 Å². The maximum atomic E-state index is 12.7. The Labute approximate surface area is 175 Å². The summed E-state index contributed by atoms with van der Waals surface area (Å²) in [7, 11) is 1.60. The summed E-state index contributed by atoms with van der Waals surface area (Å²) in [5, 5.41) is 2.88. The van der Waals surface area contributed by atoms with Gasteiger partial charge in [-0.1, -0.05) is 24.3 Å². The normalized spacial score (nSPS) is 13.8. The number of benzene rings is 2. The van der Waals surface area contributed by atoms with Gasteiger partial charge >= 0.3 is 0 Å². The van der Waals surface area contributed by atoms with Crippen molar-refractivity contribution in [3.8, 4) is 5.75 Å². The van der Waals surface area contributed by atoms with Crippen LogP contribution in [-0.2, 0) is 16.0 Å². The summed E-state index contributed by atoms with van der Waals surface area (Å²) in [4.78, 5) is 27.0. The topological polar surface area (TPSA) is 67.9 Å². The minimum Gasteiger partial charge on any atom is -0.490 e. The molecule has 1 aliphatic heterocycles. The third kappa shape index (κ3) is 6.24. The summed E-state index contributed by atoms with van der Waals surface area (Å²) in [5.41, 5.74) is 2.08. The summed E-state index contributed by atoms with van der Waals surface area (Å²) in [6.07, 6.45) is 0.384. The van der Waals surface area contributed by atoms with Crippen molar-refractivity contribution >= 4 is 29.3 Å². The van der Waals surface area contributed by atoms with Crippen LogP contribution in [0.4, 0.5) is 5.69 Å². The molecule has 0 atom stereocenters. The van der Waals surface area contributed by atoms with Gasteiger partial charge in [-0.15, -0.1) is 0 Å². The summed E-state index contributed by atoms with van der Waals surface area (Å²) in [6.45, 7) is 2.47. The van der Waals surface area contributed by atoms with Gasteiger partial charge in [-0.05, 0) is 29.8 Å². The number of rotatable bonds is 8. The molecule has 2 aromatic carbocycles. The van der Waals surface area contributed by atoms with Crippen molar-refractivity contribution < 1.29 is 19.1 Å². The van der Waals surface area contributed by atoms with E-state index in [1.54, 1.807) is 25.3 Å². The van der Waals surface area contributed by atoms with Gasteiger partial charge in [0.05, 0.1) is 18.6 Å². The second-order valence-corrected chi connectivity index (χ2v) is 7.88. The Bertz CT molecular complexity index is 820. The molecular weight excluding hydrogens is 388 g/mol. The Morgan fingerprint density at radius 3 is 2.48 bits per heavy atom. The van der Waals surface area contributed by atoms with Crippen molar-refractivity contribution in [2.45, 2.75) is 6.42 Å². The summed E-state index contributed by atoms with van der Waals surface area (Å²) in [6, 6.07) is 14.5. The molecule has 0 aliphatic carbocycles. The number of hydrogen-bond acceptors (Lipinski definition) is 5. The van der Waals surface area contributed by atoms with Gasteiger partial charge in [0.25, 0.3) is 5.91 Å². The highest BCUT2D eigenvalue weighted by molar-refractivity contribution is 7.99. The molecule has 0 spiro atoms. The van der Waals surface area contributed by atoms with Crippen molar-refractivity contribution in [2.24, 2.45) is 0 Å². The van der Waals surface area contributed by atoms with Crippen molar-refractivity contribution in [3.63, 3.8) is 0 Å². The molecule has 0 saturated carbocycles. The molecule has 1 saturated heterocycles. The highest BCUT2D eigenvalue weighted by Crippen LogP contribution is 2.20. The largest absolute Gasteiger partial charge is 0.490 e. The standard InChI is InChI=1S/C22H26N2O4S/c1-27-12-13-28-20-5-3-2-4-19(20)22(26)23-18-8-6-17(7-9-18)16-21(25)24-10-14-29-15-11-24/h2-9H,10-16H2,1H3,(H,23,26). The Morgan fingerprint density at radius 2 is 1.76 bits per heavy atom. The van der Waals surface area contributed by atoms with Gasteiger partial charge in [0, 0.05) is 37.4 Å². The molecule has 1 N–H and O–H groups in total. The molecule has 2 amide bonds. The summed E-state index contributed by atoms with van der Waals surface area (Å²) >= 11 is 1.89. The number of thioether (sulfide) groups is 1.